The lowest BCUT2D eigenvalue weighted by molar-refractivity contribution is 0.941. The molecule has 0 aliphatic heterocycles. The van der Waals surface area contributed by atoms with Crippen molar-refractivity contribution in [3.8, 4) is 0 Å². The smallest absolute Gasteiger partial charge is 0.0812 e. The van der Waals surface area contributed by atoms with E-state index in [0.29, 0.717) is 0 Å². The summed E-state index contributed by atoms with van der Waals surface area (Å²) in [5.41, 5.74) is 8.38. The molecule has 17 heavy (non-hydrogen) atoms. The van der Waals surface area contributed by atoms with Gasteiger partial charge in [0.1, 0.15) is 0 Å². The number of aryl methyl sites for hydroxylation is 1. The number of nitrogens with two attached hydrogens (primary N) is 1. The zero-order valence-electron chi connectivity index (χ0n) is 11.0. The van der Waals surface area contributed by atoms with E-state index in [0.717, 1.165) is 22.5 Å². The quantitative estimate of drug-likeness (QED) is 0.577. The number of hydrogen-bond donors (Lipinski definition) is 1. The highest BCUT2D eigenvalue weighted by Gasteiger charge is 2.01. The third kappa shape index (κ3) is 5.75. The van der Waals surface area contributed by atoms with E-state index < -0.39 is 0 Å². The molecule has 2 N–H and O–H groups in total. The van der Waals surface area contributed by atoms with Crippen LogP contribution in [0.15, 0.2) is 18.2 Å². The topological polar surface area (TPSA) is 26.0 Å². The Labute approximate surface area is 112 Å². The largest absolute Gasteiger partial charge is 0.330 e. The number of rotatable bonds is 8. The summed E-state index contributed by atoms with van der Waals surface area (Å²) in [6.45, 7) is 5.27. The second kappa shape index (κ2) is 8.78. The van der Waals surface area contributed by atoms with Crippen molar-refractivity contribution in [2.45, 2.75) is 32.7 Å². The van der Waals surface area contributed by atoms with Crippen LogP contribution in [0.3, 0.4) is 0 Å². The Morgan fingerprint density at radius 2 is 1.94 bits per heavy atom. The molecule has 0 unspecified atom stereocenters. The third-order valence-corrected chi connectivity index (χ3v) is 5.56. The Morgan fingerprint density at radius 3 is 2.71 bits per heavy atom. The molecule has 0 aliphatic carbocycles. The molecule has 0 saturated carbocycles. The van der Waals surface area contributed by atoms with Gasteiger partial charge in [0.15, 0.2) is 0 Å². The molecule has 1 aromatic carbocycles. The first-order chi connectivity index (χ1) is 8.25. The van der Waals surface area contributed by atoms with Gasteiger partial charge in [-0.1, -0.05) is 29.4 Å². The van der Waals surface area contributed by atoms with Crippen molar-refractivity contribution in [3.63, 3.8) is 0 Å². The molecule has 1 nitrogen and oxygen atoms in total. The van der Waals surface area contributed by atoms with E-state index in [9.17, 15) is 0 Å². The van der Waals surface area contributed by atoms with Gasteiger partial charge in [-0.05, 0) is 55.9 Å². The highest BCUT2D eigenvalue weighted by Crippen LogP contribution is 2.07. The van der Waals surface area contributed by atoms with E-state index in [2.05, 4.69) is 32.0 Å². The summed E-state index contributed by atoms with van der Waals surface area (Å²) in [7, 11) is 0.974. The first-order valence-electron chi connectivity index (χ1n) is 6.33. The minimum absolute atomic E-state index is 0.831. The predicted molar refractivity (Wildman–Crippen MR) is 81.7 cm³/mol. The van der Waals surface area contributed by atoms with Crippen LogP contribution in [0.5, 0.6) is 0 Å². The first kappa shape index (κ1) is 14.8. The van der Waals surface area contributed by atoms with E-state index in [1.54, 1.807) is 5.19 Å². The standard InChI is InChI=1S/C14H23NSSi/c1-12-6-3-7-14(13(12)2)17-11-5-10-16-9-4-8-15/h3,6-7H,4-5,8-11,15H2,1-2H3. The minimum Gasteiger partial charge on any atom is -0.330 e. The lowest BCUT2D eigenvalue weighted by Crippen LogP contribution is -2.18. The fourth-order valence-corrected chi connectivity index (χ4v) is 4.11. The van der Waals surface area contributed by atoms with Crippen LogP contribution in [0, 0.1) is 13.8 Å². The second-order valence-corrected chi connectivity index (χ2v) is 6.90. The van der Waals surface area contributed by atoms with Gasteiger partial charge in [-0.2, -0.15) is 11.8 Å². The monoisotopic (exact) mass is 265 g/mol. The Balaban J connectivity index is 2.16. The highest BCUT2D eigenvalue weighted by molar-refractivity contribution is 7.99. The molecule has 0 heterocycles. The zero-order valence-corrected chi connectivity index (χ0v) is 12.8. The van der Waals surface area contributed by atoms with Gasteiger partial charge in [0.05, 0.1) is 9.52 Å². The summed E-state index contributed by atoms with van der Waals surface area (Å²) in [6.07, 6.45) is 2.49. The predicted octanol–water partition coefficient (Wildman–Crippen LogP) is 2.52. The Bertz CT molecular complexity index is 328. The van der Waals surface area contributed by atoms with Gasteiger partial charge >= 0.3 is 0 Å². The molecule has 1 aromatic rings. The van der Waals surface area contributed by atoms with Crippen molar-refractivity contribution in [3.05, 3.63) is 29.3 Å². The first-order valence-corrected chi connectivity index (χ1v) is 8.69. The molecule has 0 aromatic heterocycles. The fraction of sp³-hybridized carbons (Fsp3) is 0.571. The second-order valence-electron chi connectivity index (χ2n) is 4.28. The molecule has 0 bridgehead atoms. The van der Waals surface area contributed by atoms with Crippen molar-refractivity contribution in [2.24, 2.45) is 5.73 Å². The van der Waals surface area contributed by atoms with E-state index >= 15 is 0 Å². The summed E-state index contributed by atoms with van der Waals surface area (Å²) < 4.78 is 0. The van der Waals surface area contributed by atoms with Crippen LogP contribution in [0.25, 0.3) is 0 Å². The summed E-state index contributed by atoms with van der Waals surface area (Å²) in [4.78, 5) is 0. The molecule has 0 amide bonds. The third-order valence-electron chi connectivity index (χ3n) is 2.88. The normalized spacial score (nSPS) is 10.8. The maximum Gasteiger partial charge on any atom is 0.0812 e. The average Bonchev–Trinajstić information content (AvgIpc) is 2.33. The van der Waals surface area contributed by atoms with Crippen LogP contribution in [-0.4, -0.2) is 27.6 Å². The van der Waals surface area contributed by atoms with E-state index in [1.165, 1.54) is 35.1 Å². The molecule has 0 atom stereocenters. The van der Waals surface area contributed by atoms with Gasteiger partial charge in [-0.15, -0.1) is 0 Å². The van der Waals surface area contributed by atoms with Crippen LogP contribution < -0.4 is 10.9 Å². The zero-order chi connectivity index (χ0) is 12.5. The number of hydrogen-bond acceptors (Lipinski definition) is 2. The molecule has 3 heteroatoms. The molecular formula is C14H23NSSi. The number of benzene rings is 1. The molecule has 2 radical (unpaired) electrons. The Morgan fingerprint density at radius 1 is 1.18 bits per heavy atom. The van der Waals surface area contributed by atoms with Gasteiger partial charge in [0.25, 0.3) is 0 Å². The summed E-state index contributed by atoms with van der Waals surface area (Å²) in [5.74, 6) is 2.51. The lowest BCUT2D eigenvalue weighted by Gasteiger charge is -2.07. The van der Waals surface area contributed by atoms with Crippen LogP contribution in [0.1, 0.15) is 24.0 Å². The molecule has 1 rings (SSSR count). The number of thioether (sulfide) groups is 1. The summed E-state index contributed by atoms with van der Waals surface area (Å²) >= 11 is 2.04. The van der Waals surface area contributed by atoms with Crippen molar-refractivity contribution >= 4 is 26.5 Å². The molecule has 0 aliphatic rings. The van der Waals surface area contributed by atoms with Crippen LogP contribution >= 0.6 is 11.8 Å². The Kier molecular flexibility index (Phi) is 7.65. The van der Waals surface area contributed by atoms with Gasteiger partial charge in [-0.3, -0.25) is 0 Å². The van der Waals surface area contributed by atoms with Gasteiger partial charge in [0.2, 0.25) is 0 Å². The lowest BCUT2D eigenvalue weighted by atomic mass is 10.1. The van der Waals surface area contributed by atoms with E-state index in [-0.39, 0.29) is 0 Å². The summed E-state index contributed by atoms with van der Waals surface area (Å²) in [6, 6.07) is 7.99. The molecule has 0 saturated heterocycles. The molecule has 0 fully saturated rings. The van der Waals surface area contributed by atoms with Gasteiger partial charge in [-0.25, -0.2) is 0 Å². The van der Waals surface area contributed by atoms with Gasteiger partial charge in [0, 0.05) is 0 Å². The summed E-state index contributed by atoms with van der Waals surface area (Å²) in [5, 5.41) is 1.55. The van der Waals surface area contributed by atoms with E-state index in [1.807, 2.05) is 11.8 Å². The minimum atomic E-state index is 0.831. The highest BCUT2D eigenvalue weighted by atomic mass is 32.2. The van der Waals surface area contributed by atoms with Crippen molar-refractivity contribution in [1.29, 1.82) is 0 Å². The van der Waals surface area contributed by atoms with E-state index in [4.69, 9.17) is 5.73 Å². The van der Waals surface area contributed by atoms with Crippen LogP contribution in [0.4, 0.5) is 0 Å². The van der Waals surface area contributed by atoms with Crippen molar-refractivity contribution in [1.82, 2.24) is 0 Å². The maximum atomic E-state index is 5.46. The van der Waals surface area contributed by atoms with Crippen LogP contribution in [0.2, 0.25) is 6.04 Å². The molecule has 0 spiro atoms. The maximum absolute atomic E-state index is 5.46. The SMILES string of the molecule is Cc1cccc([Si]CCCSCCCN)c1C. The van der Waals surface area contributed by atoms with Gasteiger partial charge < -0.3 is 5.73 Å². The van der Waals surface area contributed by atoms with Crippen molar-refractivity contribution in [2.75, 3.05) is 18.1 Å². The average molecular weight is 265 g/mol. The molecular weight excluding hydrogens is 242 g/mol. The molecule has 94 valence electrons. The fourth-order valence-electron chi connectivity index (χ4n) is 1.63. The Hall–Kier alpha value is -0.253. The van der Waals surface area contributed by atoms with Crippen molar-refractivity contribution < 1.29 is 0 Å². The van der Waals surface area contributed by atoms with Crippen LogP contribution in [-0.2, 0) is 0 Å².